The highest BCUT2D eigenvalue weighted by Crippen LogP contribution is 2.02. The van der Waals surface area contributed by atoms with Gasteiger partial charge in [0.2, 0.25) is 0 Å². The number of nitrogens with zero attached hydrogens (tertiary/aromatic N) is 1. The molecule has 74 valence electrons. The molecular formula is C9H17N3O. The topological polar surface area (TPSA) is 74.9 Å². The van der Waals surface area contributed by atoms with Crippen molar-refractivity contribution in [1.82, 2.24) is 9.97 Å². The molecule has 13 heavy (non-hydrogen) atoms. The summed E-state index contributed by atoms with van der Waals surface area (Å²) in [7, 11) is 0. The van der Waals surface area contributed by atoms with Crippen molar-refractivity contribution >= 4 is 0 Å². The maximum atomic E-state index is 9.06. The smallest absolute Gasteiger partial charge is 0.106 e. The normalized spacial score (nSPS) is 13.2. The highest BCUT2D eigenvalue weighted by Gasteiger charge is 2.01. The average molecular weight is 183 g/mol. The van der Waals surface area contributed by atoms with E-state index in [0.717, 1.165) is 30.8 Å². The SMILES string of the molecule is CC(O)CCc1ncc(CCN)[nH]1. The zero-order chi connectivity index (χ0) is 9.68. The highest BCUT2D eigenvalue weighted by molar-refractivity contribution is 5.01. The number of aromatic amines is 1. The summed E-state index contributed by atoms with van der Waals surface area (Å²) in [6.45, 7) is 2.42. The van der Waals surface area contributed by atoms with Crippen LogP contribution >= 0.6 is 0 Å². The molecule has 4 nitrogen and oxygen atoms in total. The summed E-state index contributed by atoms with van der Waals surface area (Å²) in [5.41, 5.74) is 6.48. The Morgan fingerprint density at radius 1 is 1.62 bits per heavy atom. The Labute approximate surface area is 78.2 Å². The van der Waals surface area contributed by atoms with E-state index >= 15 is 0 Å². The number of hydrogen-bond donors (Lipinski definition) is 3. The molecule has 0 saturated heterocycles. The fourth-order valence-electron chi connectivity index (χ4n) is 1.16. The lowest BCUT2D eigenvalue weighted by Crippen LogP contribution is -2.04. The second-order valence-corrected chi connectivity index (χ2v) is 3.28. The second kappa shape index (κ2) is 4.99. The fraction of sp³-hybridized carbons (Fsp3) is 0.667. The van der Waals surface area contributed by atoms with Gasteiger partial charge in [0.05, 0.1) is 6.10 Å². The van der Waals surface area contributed by atoms with Gasteiger partial charge >= 0.3 is 0 Å². The Balaban J connectivity index is 2.39. The molecule has 0 spiro atoms. The Morgan fingerprint density at radius 3 is 3.00 bits per heavy atom. The van der Waals surface area contributed by atoms with Crippen molar-refractivity contribution in [1.29, 1.82) is 0 Å². The number of imidazole rings is 1. The largest absolute Gasteiger partial charge is 0.393 e. The van der Waals surface area contributed by atoms with Crippen molar-refractivity contribution in [3.8, 4) is 0 Å². The first kappa shape index (κ1) is 10.2. The summed E-state index contributed by atoms with van der Waals surface area (Å²) in [5.74, 6) is 0.935. The minimum absolute atomic E-state index is 0.261. The minimum Gasteiger partial charge on any atom is -0.393 e. The van der Waals surface area contributed by atoms with Crippen LogP contribution in [-0.4, -0.2) is 27.7 Å². The third-order valence-corrected chi connectivity index (χ3v) is 1.89. The van der Waals surface area contributed by atoms with E-state index in [1.54, 1.807) is 6.92 Å². The lowest BCUT2D eigenvalue weighted by Gasteiger charge is -2.00. The third-order valence-electron chi connectivity index (χ3n) is 1.89. The number of nitrogens with one attached hydrogen (secondary N) is 1. The van der Waals surface area contributed by atoms with Gasteiger partial charge in [0.15, 0.2) is 0 Å². The van der Waals surface area contributed by atoms with Crippen LogP contribution in [0, 0.1) is 0 Å². The van der Waals surface area contributed by atoms with Crippen molar-refractivity contribution < 1.29 is 5.11 Å². The number of aliphatic hydroxyl groups is 1. The van der Waals surface area contributed by atoms with Gasteiger partial charge in [-0.2, -0.15) is 0 Å². The summed E-state index contributed by atoms with van der Waals surface area (Å²) in [6, 6.07) is 0. The van der Waals surface area contributed by atoms with E-state index in [4.69, 9.17) is 10.8 Å². The van der Waals surface area contributed by atoms with E-state index in [1.807, 2.05) is 6.20 Å². The molecule has 0 amide bonds. The first-order valence-corrected chi connectivity index (χ1v) is 4.63. The van der Waals surface area contributed by atoms with Gasteiger partial charge in [0, 0.05) is 24.7 Å². The van der Waals surface area contributed by atoms with Crippen LogP contribution in [0.25, 0.3) is 0 Å². The Hall–Kier alpha value is -0.870. The van der Waals surface area contributed by atoms with Crippen molar-refractivity contribution in [2.75, 3.05) is 6.54 Å². The lowest BCUT2D eigenvalue weighted by molar-refractivity contribution is 0.184. The first-order chi connectivity index (χ1) is 6.22. The van der Waals surface area contributed by atoms with Crippen LogP contribution in [-0.2, 0) is 12.8 Å². The van der Waals surface area contributed by atoms with Crippen LogP contribution in [0.4, 0.5) is 0 Å². The van der Waals surface area contributed by atoms with E-state index in [9.17, 15) is 0 Å². The van der Waals surface area contributed by atoms with Crippen LogP contribution in [0.5, 0.6) is 0 Å². The van der Waals surface area contributed by atoms with E-state index in [-0.39, 0.29) is 6.10 Å². The molecule has 4 N–H and O–H groups in total. The van der Waals surface area contributed by atoms with Gasteiger partial charge in [-0.1, -0.05) is 0 Å². The van der Waals surface area contributed by atoms with E-state index in [1.165, 1.54) is 0 Å². The number of H-pyrrole nitrogens is 1. The van der Waals surface area contributed by atoms with Crippen LogP contribution < -0.4 is 5.73 Å². The average Bonchev–Trinajstić information content (AvgIpc) is 2.50. The van der Waals surface area contributed by atoms with Crippen molar-refractivity contribution in [2.24, 2.45) is 5.73 Å². The molecule has 0 fully saturated rings. The predicted octanol–water partition coefficient (Wildman–Crippen LogP) is 0.224. The number of rotatable bonds is 5. The maximum Gasteiger partial charge on any atom is 0.106 e. The number of nitrogens with two attached hydrogens (primary N) is 1. The molecule has 0 radical (unpaired) electrons. The fourth-order valence-corrected chi connectivity index (χ4v) is 1.16. The lowest BCUT2D eigenvalue weighted by atomic mass is 10.2. The Kier molecular flexibility index (Phi) is 3.92. The molecule has 1 atom stereocenters. The van der Waals surface area contributed by atoms with E-state index in [0.29, 0.717) is 6.54 Å². The molecule has 0 aliphatic carbocycles. The number of hydrogen-bond acceptors (Lipinski definition) is 3. The molecule has 1 heterocycles. The molecule has 0 bridgehead atoms. The highest BCUT2D eigenvalue weighted by atomic mass is 16.3. The summed E-state index contributed by atoms with van der Waals surface area (Å²) in [6.07, 6.45) is 3.92. The van der Waals surface area contributed by atoms with Gasteiger partial charge < -0.3 is 15.8 Å². The van der Waals surface area contributed by atoms with Crippen LogP contribution in [0.3, 0.4) is 0 Å². The number of aromatic nitrogens is 2. The Bertz CT molecular complexity index is 245. The van der Waals surface area contributed by atoms with E-state index < -0.39 is 0 Å². The van der Waals surface area contributed by atoms with Gasteiger partial charge in [-0.3, -0.25) is 0 Å². The quantitative estimate of drug-likeness (QED) is 0.611. The molecule has 0 aliphatic heterocycles. The third kappa shape index (κ3) is 3.57. The van der Waals surface area contributed by atoms with Crippen LogP contribution in [0.2, 0.25) is 0 Å². The molecule has 1 aromatic heterocycles. The molecule has 0 saturated carbocycles. The molecule has 4 heteroatoms. The summed E-state index contributed by atoms with van der Waals surface area (Å²) in [5, 5.41) is 9.06. The summed E-state index contributed by atoms with van der Waals surface area (Å²) >= 11 is 0. The molecular weight excluding hydrogens is 166 g/mol. The maximum absolute atomic E-state index is 9.06. The van der Waals surface area contributed by atoms with Gasteiger partial charge in [-0.15, -0.1) is 0 Å². The second-order valence-electron chi connectivity index (χ2n) is 3.28. The standard InChI is InChI=1S/C9H17N3O/c1-7(13)2-3-9-11-6-8(12-9)4-5-10/h6-7,13H,2-5,10H2,1H3,(H,11,12). The van der Waals surface area contributed by atoms with Crippen molar-refractivity contribution in [3.05, 3.63) is 17.7 Å². The van der Waals surface area contributed by atoms with Crippen molar-refractivity contribution in [2.45, 2.75) is 32.3 Å². The van der Waals surface area contributed by atoms with Crippen molar-refractivity contribution in [3.63, 3.8) is 0 Å². The summed E-state index contributed by atoms with van der Waals surface area (Å²) < 4.78 is 0. The van der Waals surface area contributed by atoms with Gasteiger partial charge in [0.1, 0.15) is 5.82 Å². The zero-order valence-electron chi connectivity index (χ0n) is 7.95. The first-order valence-electron chi connectivity index (χ1n) is 4.63. The van der Waals surface area contributed by atoms with Crippen LogP contribution in [0.1, 0.15) is 24.9 Å². The monoisotopic (exact) mass is 183 g/mol. The molecule has 1 unspecified atom stereocenters. The summed E-state index contributed by atoms with van der Waals surface area (Å²) in [4.78, 5) is 7.35. The number of aliphatic hydroxyl groups excluding tert-OH is 1. The molecule has 1 rings (SSSR count). The Morgan fingerprint density at radius 2 is 2.38 bits per heavy atom. The number of aryl methyl sites for hydroxylation is 1. The zero-order valence-corrected chi connectivity index (χ0v) is 7.95. The van der Waals surface area contributed by atoms with E-state index in [2.05, 4.69) is 9.97 Å². The minimum atomic E-state index is -0.261. The van der Waals surface area contributed by atoms with Crippen LogP contribution in [0.15, 0.2) is 6.20 Å². The van der Waals surface area contributed by atoms with Gasteiger partial charge in [-0.25, -0.2) is 4.98 Å². The molecule has 1 aromatic rings. The molecule has 0 aliphatic rings. The molecule has 0 aromatic carbocycles. The van der Waals surface area contributed by atoms with Gasteiger partial charge in [0.25, 0.3) is 0 Å². The van der Waals surface area contributed by atoms with Gasteiger partial charge in [-0.05, 0) is 19.9 Å². The predicted molar refractivity (Wildman–Crippen MR) is 51.3 cm³/mol.